The summed E-state index contributed by atoms with van der Waals surface area (Å²) in [6.45, 7) is 5.25. The van der Waals surface area contributed by atoms with E-state index < -0.39 is 6.09 Å². The molecular weight excluding hydrogens is 354 g/mol. The van der Waals surface area contributed by atoms with Crippen LogP contribution in [0.4, 0.5) is 21.9 Å². The Morgan fingerprint density at radius 2 is 1.54 bits per heavy atom. The number of benzene rings is 2. The van der Waals surface area contributed by atoms with Crippen molar-refractivity contribution in [2.45, 2.75) is 26.7 Å². The fourth-order valence-electron chi connectivity index (χ4n) is 2.69. The van der Waals surface area contributed by atoms with Crippen LogP contribution < -0.4 is 15.1 Å². The maximum absolute atomic E-state index is 12.5. The third-order valence-corrected chi connectivity index (χ3v) is 4.47. The number of hydrogen-bond acceptors (Lipinski definition) is 4. The molecule has 0 aliphatic carbocycles. The van der Waals surface area contributed by atoms with Gasteiger partial charge in [0.25, 0.3) is 5.91 Å². The smallest absolute Gasteiger partial charge is 0.413 e. The molecule has 0 radical (unpaired) electrons. The first-order chi connectivity index (χ1) is 13.5. The molecule has 0 heterocycles. The monoisotopic (exact) mass is 383 g/mol. The van der Waals surface area contributed by atoms with Gasteiger partial charge in [0.15, 0.2) is 0 Å². The Kier molecular flexibility index (Phi) is 7.87. The Morgan fingerprint density at radius 3 is 2.11 bits per heavy atom. The average Bonchev–Trinajstić information content (AvgIpc) is 2.72. The number of ether oxygens (including phenoxy) is 1. The van der Waals surface area contributed by atoms with E-state index in [0.717, 1.165) is 25.1 Å². The first-order valence-electron chi connectivity index (χ1n) is 9.59. The zero-order valence-electron chi connectivity index (χ0n) is 17.1. The minimum atomic E-state index is -0.414. The standard InChI is InChI=1S/C22H29N3O3/c1-5-7-16-24(3)19-12-8-17(9-13-19)21(26)23-18-10-14-20(15-11-18)25(4)22(27)28-6-2/h8-15H,5-7,16H2,1-4H3,(H,23,26). The van der Waals surface area contributed by atoms with Gasteiger partial charge in [-0.3, -0.25) is 9.69 Å². The van der Waals surface area contributed by atoms with Crippen LogP contribution in [-0.4, -0.2) is 39.2 Å². The van der Waals surface area contributed by atoms with Crippen molar-refractivity contribution in [1.29, 1.82) is 0 Å². The van der Waals surface area contributed by atoms with Gasteiger partial charge in [0.2, 0.25) is 0 Å². The van der Waals surface area contributed by atoms with E-state index in [2.05, 4.69) is 24.2 Å². The van der Waals surface area contributed by atoms with Crippen LogP contribution in [0.25, 0.3) is 0 Å². The van der Waals surface area contributed by atoms with E-state index in [-0.39, 0.29) is 5.91 Å². The van der Waals surface area contributed by atoms with Crippen LogP contribution in [0.15, 0.2) is 48.5 Å². The minimum absolute atomic E-state index is 0.172. The van der Waals surface area contributed by atoms with Gasteiger partial charge in [-0.25, -0.2) is 4.79 Å². The van der Waals surface area contributed by atoms with Gasteiger partial charge in [-0.15, -0.1) is 0 Å². The lowest BCUT2D eigenvalue weighted by atomic mass is 10.1. The fourth-order valence-corrected chi connectivity index (χ4v) is 2.69. The molecule has 0 spiro atoms. The summed E-state index contributed by atoms with van der Waals surface area (Å²) >= 11 is 0. The van der Waals surface area contributed by atoms with E-state index in [1.54, 1.807) is 38.2 Å². The molecule has 0 aliphatic heterocycles. The lowest BCUT2D eigenvalue weighted by Crippen LogP contribution is -2.26. The Labute approximate surface area is 167 Å². The fraction of sp³-hybridized carbons (Fsp3) is 0.364. The zero-order valence-corrected chi connectivity index (χ0v) is 17.1. The van der Waals surface area contributed by atoms with Crippen LogP contribution in [-0.2, 0) is 4.74 Å². The van der Waals surface area contributed by atoms with Crippen molar-refractivity contribution in [3.8, 4) is 0 Å². The number of hydrogen-bond donors (Lipinski definition) is 1. The van der Waals surface area contributed by atoms with Crippen LogP contribution >= 0.6 is 0 Å². The molecule has 0 unspecified atom stereocenters. The molecule has 28 heavy (non-hydrogen) atoms. The van der Waals surface area contributed by atoms with Crippen molar-refractivity contribution in [3.05, 3.63) is 54.1 Å². The van der Waals surface area contributed by atoms with Gasteiger partial charge in [-0.2, -0.15) is 0 Å². The number of anilines is 3. The number of nitrogens with zero attached hydrogens (tertiary/aromatic N) is 2. The summed E-state index contributed by atoms with van der Waals surface area (Å²) in [5, 5.41) is 2.87. The highest BCUT2D eigenvalue weighted by molar-refractivity contribution is 6.04. The molecule has 0 aliphatic rings. The molecule has 2 aromatic rings. The molecule has 1 N–H and O–H groups in total. The normalized spacial score (nSPS) is 10.3. The van der Waals surface area contributed by atoms with Gasteiger partial charge in [-0.05, 0) is 61.9 Å². The van der Waals surface area contributed by atoms with Crippen LogP contribution in [0.3, 0.4) is 0 Å². The predicted molar refractivity (Wildman–Crippen MR) is 114 cm³/mol. The Hall–Kier alpha value is -3.02. The van der Waals surface area contributed by atoms with E-state index in [4.69, 9.17) is 4.74 Å². The molecule has 0 aromatic heterocycles. The first kappa shape index (κ1) is 21.3. The summed E-state index contributed by atoms with van der Waals surface area (Å²) in [5.74, 6) is -0.172. The highest BCUT2D eigenvalue weighted by Crippen LogP contribution is 2.19. The Balaban J connectivity index is 1.98. The molecule has 0 bridgehead atoms. The number of nitrogens with one attached hydrogen (secondary N) is 1. The van der Waals surface area contributed by atoms with Gasteiger partial charge in [0.1, 0.15) is 0 Å². The molecule has 2 amide bonds. The van der Waals surface area contributed by atoms with E-state index in [0.29, 0.717) is 23.5 Å². The van der Waals surface area contributed by atoms with Crippen molar-refractivity contribution in [1.82, 2.24) is 0 Å². The second-order valence-electron chi connectivity index (χ2n) is 6.58. The first-order valence-corrected chi connectivity index (χ1v) is 9.59. The van der Waals surface area contributed by atoms with Crippen molar-refractivity contribution in [3.63, 3.8) is 0 Å². The molecule has 6 heteroatoms. The molecular formula is C22H29N3O3. The van der Waals surface area contributed by atoms with Gasteiger partial charge >= 0.3 is 6.09 Å². The summed E-state index contributed by atoms with van der Waals surface area (Å²) in [6.07, 6.45) is 1.88. The minimum Gasteiger partial charge on any atom is -0.449 e. The van der Waals surface area contributed by atoms with Crippen molar-refractivity contribution >= 4 is 29.1 Å². The van der Waals surface area contributed by atoms with E-state index in [9.17, 15) is 9.59 Å². The SMILES string of the molecule is CCCCN(C)c1ccc(C(=O)Nc2ccc(N(C)C(=O)OCC)cc2)cc1. The number of carbonyl (C=O) groups is 2. The lowest BCUT2D eigenvalue weighted by Gasteiger charge is -2.19. The average molecular weight is 383 g/mol. The zero-order chi connectivity index (χ0) is 20.5. The highest BCUT2D eigenvalue weighted by atomic mass is 16.6. The summed E-state index contributed by atoms with van der Waals surface area (Å²) in [6, 6.07) is 14.6. The summed E-state index contributed by atoms with van der Waals surface area (Å²) in [7, 11) is 3.70. The summed E-state index contributed by atoms with van der Waals surface area (Å²) in [4.78, 5) is 27.8. The molecule has 2 rings (SSSR count). The van der Waals surface area contributed by atoms with Crippen LogP contribution in [0.5, 0.6) is 0 Å². The molecule has 6 nitrogen and oxygen atoms in total. The van der Waals surface area contributed by atoms with Crippen LogP contribution in [0.1, 0.15) is 37.0 Å². The molecule has 2 aromatic carbocycles. The third kappa shape index (κ3) is 5.74. The Bertz CT molecular complexity index is 773. The van der Waals surface area contributed by atoms with E-state index in [1.165, 1.54) is 4.90 Å². The number of unbranched alkanes of at least 4 members (excludes halogenated alkanes) is 1. The maximum atomic E-state index is 12.5. The maximum Gasteiger partial charge on any atom is 0.413 e. The van der Waals surface area contributed by atoms with Gasteiger partial charge in [0.05, 0.1) is 6.61 Å². The third-order valence-electron chi connectivity index (χ3n) is 4.47. The second kappa shape index (κ2) is 10.3. The number of amides is 2. The molecule has 0 fully saturated rings. The number of carbonyl (C=O) groups excluding carboxylic acids is 2. The summed E-state index contributed by atoms with van der Waals surface area (Å²) < 4.78 is 4.97. The second-order valence-corrected chi connectivity index (χ2v) is 6.58. The van der Waals surface area contributed by atoms with Crippen molar-refractivity contribution in [2.24, 2.45) is 0 Å². The van der Waals surface area contributed by atoms with Crippen molar-refractivity contribution < 1.29 is 14.3 Å². The van der Waals surface area contributed by atoms with Gasteiger partial charge < -0.3 is 15.0 Å². The topological polar surface area (TPSA) is 61.9 Å². The summed E-state index contributed by atoms with van der Waals surface area (Å²) in [5.41, 5.74) is 3.04. The largest absolute Gasteiger partial charge is 0.449 e. The Morgan fingerprint density at radius 1 is 0.929 bits per heavy atom. The molecule has 150 valence electrons. The molecule has 0 atom stereocenters. The predicted octanol–water partition coefficient (Wildman–Crippen LogP) is 4.77. The van der Waals surface area contributed by atoms with E-state index >= 15 is 0 Å². The highest BCUT2D eigenvalue weighted by Gasteiger charge is 2.12. The molecule has 0 saturated carbocycles. The van der Waals surface area contributed by atoms with Crippen molar-refractivity contribution in [2.75, 3.05) is 42.4 Å². The quantitative estimate of drug-likeness (QED) is 0.713. The number of rotatable bonds is 8. The van der Waals surface area contributed by atoms with Gasteiger partial charge in [-0.1, -0.05) is 13.3 Å². The van der Waals surface area contributed by atoms with Crippen LogP contribution in [0, 0.1) is 0 Å². The molecule has 0 saturated heterocycles. The van der Waals surface area contributed by atoms with Gasteiger partial charge in [0, 0.05) is 43.3 Å². The van der Waals surface area contributed by atoms with E-state index in [1.807, 2.05) is 24.3 Å². The van der Waals surface area contributed by atoms with Crippen LogP contribution in [0.2, 0.25) is 0 Å². The lowest BCUT2D eigenvalue weighted by molar-refractivity contribution is 0.102.